The first kappa shape index (κ1) is 11.1. The van der Waals surface area contributed by atoms with Crippen LogP contribution >= 0.6 is 0 Å². The van der Waals surface area contributed by atoms with Crippen LogP contribution in [0, 0.1) is 5.92 Å². The molecule has 2 nitrogen and oxygen atoms in total. The summed E-state index contributed by atoms with van der Waals surface area (Å²) in [4.78, 5) is 0. The van der Waals surface area contributed by atoms with Crippen LogP contribution in [-0.4, -0.2) is 13.1 Å². The molecule has 0 spiro atoms. The van der Waals surface area contributed by atoms with E-state index in [2.05, 4.69) is 25.2 Å². The predicted molar refractivity (Wildman–Crippen MR) is 60.1 cm³/mol. The average Bonchev–Trinajstić information content (AvgIpc) is 2.63. The standard InChI is InChI=1S/C12H19NO/c1-11(2)7-9-13-8-3-5-12-6-4-10-14-12/h3-6,10-11,13H,7-9H2,1-2H3/b5-3+. The van der Waals surface area contributed by atoms with Gasteiger partial charge in [-0.2, -0.15) is 0 Å². The first-order valence-corrected chi connectivity index (χ1v) is 5.20. The van der Waals surface area contributed by atoms with Crippen molar-refractivity contribution < 1.29 is 4.42 Å². The number of hydrogen-bond donors (Lipinski definition) is 1. The molecule has 0 saturated heterocycles. The van der Waals surface area contributed by atoms with Crippen LogP contribution in [0.5, 0.6) is 0 Å². The van der Waals surface area contributed by atoms with E-state index in [1.807, 2.05) is 18.2 Å². The van der Waals surface area contributed by atoms with Gasteiger partial charge in [0.15, 0.2) is 0 Å². The Morgan fingerprint density at radius 3 is 3.00 bits per heavy atom. The van der Waals surface area contributed by atoms with Gasteiger partial charge < -0.3 is 9.73 Å². The van der Waals surface area contributed by atoms with E-state index >= 15 is 0 Å². The number of furan rings is 1. The molecule has 0 radical (unpaired) electrons. The molecular formula is C12H19NO. The van der Waals surface area contributed by atoms with Crippen molar-refractivity contribution in [2.75, 3.05) is 13.1 Å². The van der Waals surface area contributed by atoms with Crippen molar-refractivity contribution in [3.8, 4) is 0 Å². The molecule has 0 aliphatic rings. The molecule has 0 aliphatic carbocycles. The Labute approximate surface area is 86.0 Å². The second kappa shape index (κ2) is 6.44. The minimum Gasteiger partial charge on any atom is -0.465 e. The van der Waals surface area contributed by atoms with E-state index in [1.54, 1.807) is 6.26 Å². The molecule has 0 saturated carbocycles. The Morgan fingerprint density at radius 1 is 1.50 bits per heavy atom. The van der Waals surface area contributed by atoms with Gasteiger partial charge in [0, 0.05) is 6.54 Å². The lowest BCUT2D eigenvalue weighted by Gasteiger charge is -2.03. The Morgan fingerprint density at radius 2 is 2.36 bits per heavy atom. The van der Waals surface area contributed by atoms with Crippen molar-refractivity contribution in [2.45, 2.75) is 20.3 Å². The van der Waals surface area contributed by atoms with Gasteiger partial charge in [-0.3, -0.25) is 0 Å². The van der Waals surface area contributed by atoms with E-state index in [1.165, 1.54) is 6.42 Å². The van der Waals surface area contributed by atoms with E-state index in [-0.39, 0.29) is 0 Å². The highest BCUT2D eigenvalue weighted by atomic mass is 16.3. The maximum absolute atomic E-state index is 5.16. The van der Waals surface area contributed by atoms with Gasteiger partial charge >= 0.3 is 0 Å². The largest absolute Gasteiger partial charge is 0.465 e. The fourth-order valence-corrected chi connectivity index (χ4v) is 1.14. The minimum absolute atomic E-state index is 0.775. The Hall–Kier alpha value is -1.02. The number of nitrogens with one attached hydrogen (secondary N) is 1. The van der Waals surface area contributed by atoms with Crippen LogP contribution in [0.4, 0.5) is 0 Å². The van der Waals surface area contributed by atoms with Gasteiger partial charge in [-0.05, 0) is 37.1 Å². The first-order valence-electron chi connectivity index (χ1n) is 5.20. The average molecular weight is 193 g/mol. The third-order valence-corrected chi connectivity index (χ3v) is 1.99. The summed E-state index contributed by atoms with van der Waals surface area (Å²) in [5.74, 6) is 1.69. The highest BCUT2D eigenvalue weighted by Gasteiger charge is 1.91. The fraction of sp³-hybridized carbons (Fsp3) is 0.500. The number of rotatable bonds is 6. The van der Waals surface area contributed by atoms with Crippen molar-refractivity contribution in [3.05, 3.63) is 30.2 Å². The summed E-state index contributed by atoms with van der Waals surface area (Å²) in [7, 11) is 0. The van der Waals surface area contributed by atoms with Crippen LogP contribution in [0.3, 0.4) is 0 Å². The summed E-state index contributed by atoms with van der Waals surface area (Å²) in [6, 6.07) is 3.84. The Kier molecular flexibility index (Phi) is 5.08. The van der Waals surface area contributed by atoms with Crippen LogP contribution in [0.2, 0.25) is 0 Å². The molecule has 1 N–H and O–H groups in total. The normalized spacial score (nSPS) is 11.6. The topological polar surface area (TPSA) is 25.2 Å². The van der Waals surface area contributed by atoms with E-state index in [0.717, 1.165) is 24.8 Å². The van der Waals surface area contributed by atoms with Gasteiger partial charge in [-0.1, -0.05) is 19.9 Å². The molecule has 1 rings (SSSR count). The van der Waals surface area contributed by atoms with Crippen molar-refractivity contribution in [3.63, 3.8) is 0 Å². The first-order chi connectivity index (χ1) is 6.79. The summed E-state index contributed by atoms with van der Waals surface area (Å²) < 4.78 is 5.16. The van der Waals surface area contributed by atoms with Crippen LogP contribution in [0.25, 0.3) is 6.08 Å². The molecule has 1 aromatic heterocycles. The SMILES string of the molecule is CC(C)CCNC/C=C/c1ccco1. The summed E-state index contributed by atoms with van der Waals surface area (Å²) >= 11 is 0. The van der Waals surface area contributed by atoms with Gasteiger partial charge in [-0.15, -0.1) is 0 Å². The summed E-state index contributed by atoms with van der Waals surface area (Å²) in [5.41, 5.74) is 0. The van der Waals surface area contributed by atoms with Crippen LogP contribution in [0.1, 0.15) is 26.0 Å². The van der Waals surface area contributed by atoms with E-state index in [4.69, 9.17) is 4.42 Å². The van der Waals surface area contributed by atoms with Crippen LogP contribution < -0.4 is 5.32 Å². The van der Waals surface area contributed by atoms with E-state index in [0.29, 0.717) is 0 Å². The van der Waals surface area contributed by atoms with Crippen molar-refractivity contribution in [1.82, 2.24) is 5.32 Å². The highest BCUT2D eigenvalue weighted by molar-refractivity contribution is 5.42. The third-order valence-electron chi connectivity index (χ3n) is 1.99. The van der Waals surface area contributed by atoms with Crippen LogP contribution in [-0.2, 0) is 0 Å². The zero-order chi connectivity index (χ0) is 10.2. The maximum Gasteiger partial charge on any atom is 0.126 e. The van der Waals surface area contributed by atoms with Crippen LogP contribution in [0.15, 0.2) is 28.9 Å². The molecule has 78 valence electrons. The van der Waals surface area contributed by atoms with Crippen molar-refractivity contribution in [1.29, 1.82) is 0 Å². The molecule has 1 aromatic rings. The summed E-state index contributed by atoms with van der Waals surface area (Å²) in [5, 5.41) is 3.35. The molecule has 2 heteroatoms. The van der Waals surface area contributed by atoms with E-state index in [9.17, 15) is 0 Å². The van der Waals surface area contributed by atoms with Crippen molar-refractivity contribution in [2.24, 2.45) is 5.92 Å². The minimum atomic E-state index is 0.775. The molecule has 0 fully saturated rings. The number of hydrogen-bond acceptors (Lipinski definition) is 2. The second-order valence-corrected chi connectivity index (χ2v) is 3.80. The summed E-state index contributed by atoms with van der Waals surface area (Å²) in [6.07, 6.45) is 6.99. The zero-order valence-corrected chi connectivity index (χ0v) is 8.99. The molecule has 0 amide bonds. The lowest BCUT2D eigenvalue weighted by Crippen LogP contribution is -2.16. The predicted octanol–water partition coefficient (Wildman–Crippen LogP) is 2.93. The Bertz CT molecular complexity index is 249. The second-order valence-electron chi connectivity index (χ2n) is 3.80. The smallest absolute Gasteiger partial charge is 0.126 e. The zero-order valence-electron chi connectivity index (χ0n) is 8.99. The van der Waals surface area contributed by atoms with Gasteiger partial charge in [0.1, 0.15) is 5.76 Å². The third kappa shape index (κ3) is 4.87. The van der Waals surface area contributed by atoms with Gasteiger partial charge in [-0.25, -0.2) is 0 Å². The van der Waals surface area contributed by atoms with Gasteiger partial charge in [0.2, 0.25) is 0 Å². The monoisotopic (exact) mass is 193 g/mol. The molecular weight excluding hydrogens is 174 g/mol. The van der Waals surface area contributed by atoms with Gasteiger partial charge in [0.25, 0.3) is 0 Å². The summed E-state index contributed by atoms with van der Waals surface area (Å²) in [6.45, 7) is 6.47. The lowest BCUT2D eigenvalue weighted by molar-refractivity contribution is 0.550. The molecule has 0 bridgehead atoms. The van der Waals surface area contributed by atoms with Gasteiger partial charge in [0.05, 0.1) is 6.26 Å². The maximum atomic E-state index is 5.16. The molecule has 0 aromatic carbocycles. The molecule has 0 atom stereocenters. The van der Waals surface area contributed by atoms with Crippen molar-refractivity contribution >= 4 is 6.08 Å². The lowest BCUT2D eigenvalue weighted by atomic mass is 10.1. The molecule has 0 aliphatic heterocycles. The highest BCUT2D eigenvalue weighted by Crippen LogP contribution is 2.01. The Balaban J connectivity index is 2.04. The van der Waals surface area contributed by atoms with E-state index < -0.39 is 0 Å². The molecule has 14 heavy (non-hydrogen) atoms. The molecule has 0 unspecified atom stereocenters. The molecule has 1 heterocycles. The fourth-order valence-electron chi connectivity index (χ4n) is 1.14. The quantitative estimate of drug-likeness (QED) is 0.703.